The topological polar surface area (TPSA) is 75.4 Å². The fourth-order valence-electron chi connectivity index (χ4n) is 2.86. The molecule has 2 unspecified atom stereocenters. The quantitative estimate of drug-likeness (QED) is 0.785. The molecule has 0 radical (unpaired) electrons. The Morgan fingerprint density at radius 3 is 2.50 bits per heavy atom. The molecular formula is C18H31N3O3. The number of amides is 2. The van der Waals surface area contributed by atoms with Gasteiger partial charge in [0.2, 0.25) is 11.8 Å². The molecule has 6 heteroatoms. The molecule has 0 aliphatic heterocycles. The second-order valence-corrected chi connectivity index (χ2v) is 7.79. The summed E-state index contributed by atoms with van der Waals surface area (Å²) in [5, 5.41) is 6.29. The molecule has 0 spiro atoms. The standard InChI is InChI=1S/C18H31N3O3/c1-7-14(3)21(12-16(22)19-15-8-9-24-20-15)17(23)10-13(2)11-18(4,5)6/h8-9,13-14H,7,10-12H2,1-6H3,(H,19,20,22). The summed E-state index contributed by atoms with van der Waals surface area (Å²) in [5.74, 6) is 0.401. The van der Waals surface area contributed by atoms with Crippen LogP contribution in [0.1, 0.15) is 60.8 Å². The summed E-state index contributed by atoms with van der Waals surface area (Å²) in [6, 6.07) is 1.58. The van der Waals surface area contributed by atoms with Gasteiger partial charge in [0.25, 0.3) is 0 Å². The lowest BCUT2D eigenvalue weighted by molar-refractivity contribution is -0.137. The van der Waals surface area contributed by atoms with Crippen molar-refractivity contribution in [3.05, 3.63) is 12.3 Å². The molecule has 2 atom stereocenters. The lowest BCUT2D eigenvalue weighted by Gasteiger charge is -2.30. The highest BCUT2D eigenvalue weighted by Crippen LogP contribution is 2.26. The second-order valence-electron chi connectivity index (χ2n) is 7.79. The van der Waals surface area contributed by atoms with Crippen molar-refractivity contribution >= 4 is 17.6 Å². The first-order chi connectivity index (χ1) is 11.1. The van der Waals surface area contributed by atoms with E-state index in [1.165, 1.54) is 6.26 Å². The lowest BCUT2D eigenvalue weighted by atomic mass is 9.84. The molecule has 0 bridgehead atoms. The van der Waals surface area contributed by atoms with Crippen LogP contribution in [0.3, 0.4) is 0 Å². The molecule has 1 heterocycles. The fourth-order valence-corrected chi connectivity index (χ4v) is 2.86. The maximum absolute atomic E-state index is 12.7. The first-order valence-electron chi connectivity index (χ1n) is 8.62. The van der Waals surface area contributed by atoms with Crippen molar-refractivity contribution in [1.82, 2.24) is 10.1 Å². The number of nitrogens with zero attached hydrogens (tertiary/aromatic N) is 2. The predicted molar refractivity (Wildman–Crippen MR) is 94.5 cm³/mol. The van der Waals surface area contributed by atoms with Crippen LogP contribution in [0.4, 0.5) is 5.82 Å². The Bertz CT molecular complexity index is 520. The van der Waals surface area contributed by atoms with Gasteiger partial charge in [0.15, 0.2) is 5.82 Å². The van der Waals surface area contributed by atoms with E-state index < -0.39 is 0 Å². The van der Waals surface area contributed by atoms with Gasteiger partial charge in [-0.3, -0.25) is 9.59 Å². The van der Waals surface area contributed by atoms with Crippen LogP contribution in [0.15, 0.2) is 16.9 Å². The van der Waals surface area contributed by atoms with Gasteiger partial charge in [-0.2, -0.15) is 0 Å². The summed E-state index contributed by atoms with van der Waals surface area (Å²) in [5.41, 5.74) is 0.186. The van der Waals surface area contributed by atoms with Gasteiger partial charge in [0.05, 0.1) is 0 Å². The lowest BCUT2D eigenvalue weighted by Crippen LogP contribution is -2.44. The number of hydrogen-bond donors (Lipinski definition) is 1. The molecule has 1 aromatic rings. The van der Waals surface area contributed by atoms with Crippen LogP contribution in [-0.4, -0.2) is 34.5 Å². The van der Waals surface area contributed by atoms with E-state index in [1.54, 1.807) is 11.0 Å². The Morgan fingerprint density at radius 2 is 2.00 bits per heavy atom. The molecule has 2 amide bonds. The van der Waals surface area contributed by atoms with Gasteiger partial charge < -0.3 is 14.7 Å². The maximum atomic E-state index is 12.7. The molecule has 24 heavy (non-hydrogen) atoms. The third-order valence-electron chi connectivity index (χ3n) is 3.95. The summed E-state index contributed by atoms with van der Waals surface area (Å²) in [6.07, 6.45) is 3.62. The van der Waals surface area contributed by atoms with Gasteiger partial charge in [0, 0.05) is 18.5 Å². The van der Waals surface area contributed by atoms with Crippen LogP contribution in [0.5, 0.6) is 0 Å². The van der Waals surface area contributed by atoms with E-state index in [0.29, 0.717) is 12.2 Å². The van der Waals surface area contributed by atoms with E-state index >= 15 is 0 Å². The average molecular weight is 337 g/mol. The Hall–Kier alpha value is -1.85. The van der Waals surface area contributed by atoms with Crippen LogP contribution in [0.2, 0.25) is 0 Å². The zero-order valence-corrected chi connectivity index (χ0v) is 15.8. The van der Waals surface area contributed by atoms with E-state index in [1.807, 2.05) is 13.8 Å². The van der Waals surface area contributed by atoms with Crippen LogP contribution < -0.4 is 5.32 Å². The number of nitrogens with one attached hydrogen (secondary N) is 1. The Morgan fingerprint density at radius 1 is 1.33 bits per heavy atom. The van der Waals surface area contributed by atoms with Gasteiger partial charge in [0.1, 0.15) is 12.8 Å². The Kier molecular flexibility index (Phi) is 7.45. The Labute approximate surface area is 145 Å². The molecule has 0 aromatic carbocycles. The fraction of sp³-hybridized carbons (Fsp3) is 0.722. The van der Waals surface area contributed by atoms with Crippen LogP contribution >= 0.6 is 0 Å². The normalized spacial score (nSPS) is 14.1. The first-order valence-corrected chi connectivity index (χ1v) is 8.62. The zero-order valence-electron chi connectivity index (χ0n) is 15.8. The highest BCUT2D eigenvalue weighted by atomic mass is 16.5. The number of carbonyl (C=O) groups excluding carboxylic acids is 2. The first kappa shape index (κ1) is 20.2. The SMILES string of the molecule is CCC(C)N(CC(=O)Nc1ccon1)C(=O)CC(C)CC(C)(C)C. The van der Waals surface area contributed by atoms with Crippen molar-refractivity contribution in [3.63, 3.8) is 0 Å². The summed E-state index contributed by atoms with van der Waals surface area (Å²) in [7, 11) is 0. The van der Waals surface area contributed by atoms with Crippen LogP contribution in [-0.2, 0) is 9.59 Å². The van der Waals surface area contributed by atoms with Crippen LogP contribution in [0.25, 0.3) is 0 Å². The Balaban J connectivity index is 2.66. The van der Waals surface area contributed by atoms with Crippen molar-refractivity contribution in [2.45, 2.75) is 66.8 Å². The van der Waals surface area contributed by atoms with E-state index in [-0.39, 0.29) is 35.7 Å². The van der Waals surface area contributed by atoms with Crippen molar-refractivity contribution in [2.75, 3.05) is 11.9 Å². The van der Waals surface area contributed by atoms with Crippen molar-refractivity contribution in [3.8, 4) is 0 Å². The summed E-state index contributed by atoms with van der Waals surface area (Å²) >= 11 is 0. The molecule has 0 saturated carbocycles. The van der Waals surface area contributed by atoms with E-state index in [0.717, 1.165) is 12.8 Å². The molecule has 1 rings (SSSR count). The monoisotopic (exact) mass is 337 g/mol. The summed E-state index contributed by atoms with van der Waals surface area (Å²) in [4.78, 5) is 26.5. The molecule has 6 nitrogen and oxygen atoms in total. The van der Waals surface area contributed by atoms with Crippen LogP contribution in [0, 0.1) is 11.3 Å². The largest absolute Gasteiger partial charge is 0.363 e. The number of aromatic nitrogens is 1. The molecule has 1 N–H and O–H groups in total. The minimum absolute atomic E-state index is 0.0161. The third kappa shape index (κ3) is 7.15. The molecule has 136 valence electrons. The van der Waals surface area contributed by atoms with Crippen molar-refractivity contribution in [1.29, 1.82) is 0 Å². The molecule has 0 aliphatic carbocycles. The molecule has 1 aromatic heterocycles. The average Bonchev–Trinajstić information content (AvgIpc) is 2.94. The number of anilines is 1. The molecule has 0 fully saturated rings. The minimum atomic E-state index is -0.263. The smallest absolute Gasteiger partial charge is 0.245 e. The summed E-state index contributed by atoms with van der Waals surface area (Å²) < 4.78 is 4.69. The molecule has 0 saturated heterocycles. The number of hydrogen-bond acceptors (Lipinski definition) is 4. The van der Waals surface area contributed by atoms with E-state index in [2.05, 4.69) is 38.2 Å². The maximum Gasteiger partial charge on any atom is 0.245 e. The highest BCUT2D eigenvalue weighted by Gasteiger charge is 2.25. The van der Waals surface area contributed by atoms with Gasteiger partial charge in [-0.25, -0.2) is 0 Å². The predicted octanol–water partition coefficient (Wildman–Crippen LogP) is 3.70. The van der Waals surface area contributed by atoms with Gasteiger partial charge in [-0.15, -0.1) is 0 Å². The van der Waals surface area contributed by atoms with Gasteiger partial charge in [-0.1, -0.05) is 39.8 Å². The van der Waals surface area contributed by atoms with Gasteiger partial charge in [-0.05, 0) is 31.1 Å². The number of carbonyl (C=O) groups is 2. The highest BCUT2D eigenvalue weighted by molar-refractivity contribution is 5.93. The molecule has 0 aliphatic rings. The summed E-state index contributed by atoms with van der Waals surface area (Å²) in [6.45, 7) is 12.6. The molecular weight excluding hydrogens is 306 g/mol. The van der Waals surface area contributed by atoms with E-state index in [9.17, 15) is 9.59 Å². The third-order valence-corrected chi connectivity index (χ3v) is 3.95. The van der Waals surface area contributed by atoms with Crippen molar-refractivity contribution in [2.24, 2.45) is 11.3 Å². The second kappa shape index (κ2) is 8.85. The number of rotatable bonds is 8. The minimum Gasteiger partial charge on any atom is -0.363 e. The zero-order chi connectivity index (χ0) is 18.3. The van der Waals surface area contributed by atoms with Gasteiger partial charge >= 0.3 is 0 Å². The van der Waals surface area contributed by atoms with E-state index in [4.69, 9.17) is 4.52 Å². The van der Waals surface area contributed by atoms with Crippen molar-refractivity contribution < 1.29 is 14.1 Å².